The molecule has 13 heteroatoms. The summed E-state index contributed by atoms with van der Waals surface area (Å²) in [5.41, 5.74) is 1.10. The summed E-state index contributed by atoms with van der Waals surface area (Å²) in [6.45, 7) is 11.9. The fraction of sp³-hybridized carbons (Fsp3) is 0.641. The Morgan fingerprint density at radius 3 is 2.31 bits per heavy atom. The molecule has 288 valence electrons. The summed E-state index contributed by atoms with van der Waals surface area (Å²) < 4.78 is 5.77. The summed E-state index contributed by atoms with van der Waals surface area (Å²) in [5.74, 6) is -2.63. The van der Waals surface area contributed by atoms with Crippen LogP contribution in [0.15, 0.2) is 35.7 Å². The molecule has 0 aliphatic carbocycles. The third kappa shape index (κ3) is 13.0. The molecule has 52 heavy (non-hydrogen) atoms. The summed E-state index contributed by atoms with van der Waals surface area (Å²) >= 11 is 1.19. The molecule has 3 N–H and O–H groups in total. The molecule has 0 bridgehead atoms. The fourth-order valence-corrected chi connectivity index (χ4v) is 7.60. The Hall–Kier alpha value is -3.84. The number of carbonyl (C=O) groups is 5. The maximum Gasteiger partial charge on any atom is 0.306 e. The average Bonchev–Trinajstić information content (AvgIpc) is 3.58. The van der Waals surface area contributed by atoms with Crippen molar-refractivity contribution < 1.29 is 33.8 Å². The molecule has 2 heterocycles. The molecule has 0 saturated carbocycles. The zero-order valence-corrected chi connectivity index (χ0v) is 32.9. The van der Waals surface area contributed by atoms with E-state index >= 15 is 0 Å². The number of nitrogens with zero attached hydrogens (tertiary/aromatic N) is 3. The monoisotopic (exact) mass is 741 g/mol. The second-order valence-corrected chi connectivity index (χ2v) is 15.9. The molecule has 1 aliphatic heterocycles. The molecular formula is C39H59N5O7S. The van der Waals surface area contributed by atoms with Gasteiger partial charge >= 0.3 is 11.9 Å². The Morgan fingerprint density at radius 1 is 1.02 bits per heavy atom. The van der Waals surface area contributed by atoms with Crippen molar-refractivity contribution in [3.8, 4) is 0 Å². The number of esters is 1. The van der Waals surface area contributed by atoms with E-state index in [0.717, 1.165) is 37.8 Å². The minimum atomic E-state index is -0.943. The number of rotatable bonds is 19. The normalized spacial score (nSPS) is 17.8. The van der Waals surface area contributed by atoms with E-state index in [1.807, 2.05) is 51.2 Å². The number of aliphatic carboxylic acids is 1. The van der Waals surface area contributed by atoms with Gasteiger partial charge in [-0.05, 0) is 69.5 Å². The fourth-order valence-electron chi connectivity index (χ4n) is 6.76. The molecule has 3 rings (SSSR count). The Balaban J connectivity index is 1.81. The van der Waals surface area contributed by atoms with Crippen LogP contribution in [0.25, 0.3) is 0 Å². The van der Waals surface area contributed by atoms with Gasteiger partial charge in [-0.15, -0.1) is 11.3 Å². The standard InChI is InChI=1S/C39H59N5O7S/c1-24(2)17-18-30(41-36(47)32-16-12-13-19-43(32)7)38(48)44(8)33(25(3)4)22-34(51-27(6)45)37-42-31(23-52-37)35(46)40-29(20-26(5)39(49)50)21-28-14-10-9-11-15-28/h9-11,14-15,23-26,29-30,32-34H,12-13,16-22H2,1-8H3,(H,40,46)(H,41,47)(H,49,50)/t26?,29?,30?,32-,33?,34?/m1/s1. The molecule has 3 amide bonds. The number of nitrogens with one attached hydrogen (secondary N) is 2. The number of carboxylic acid groups (broad SMARTS) is 1. The summed E-state index contributed by atoms with van der Waals surface area (Å²) in [6.07, 6.45) is 4.11. The van der Waals surface area contributed by atoms with Gasteiger partial charge in [0.05, 0.1) is 12.0 Å². The predicted molar refractivity (Wildman–Crippen MR) is 202 cm³/mol. The van der Waals surface area contributed by atoms with Crippen LogP contribution < -0.4 is 10.6 Å². The molecule has 0 radical (unpaired) electrons. The smallest absolute Gasteiger partial charge is 0.306 e. The highest BCUT2D eigenvalue weighted by Crippen LogP contribution is 2.31. The van der Waals surface area contributed by atoms with E-state index in [0.29, 0.717) is 23.8 Å². The van der Waals surface area contributed by atoms with Crippen molar-refractivity contribution in [1.29, 1.82) is 0 Å². The van der Waals surface area contributed by atoms with Crippen LogP contribution in [0.5, 0.6) is 0 Å². The number of benzene rings is 1. The van der Waals surface area contributed by atoms with Crippen molar-refractivity contribution in [2.24, 2.45) is 17.8 Å². The lowest BCUT2D eigenvalue weighted by molar-refractivity contribution is -0.149. The molecule has 12 nitrogen and oxygen atoms in total. The van der Waals surface area contributed by atoms with E-state index in [2.05, 4.69) is 34.4 Å². The SMILES string of the molecule is CC(=O)OC(CC(C(C)C)N(C)C(=O)C(CCC(C)C)NC(=O)[C@H]1CCCCN1C)c1nc(C(=O)NC(Cc2ccccc2)CC(C)C(=O)O)cs1. The highest BCUT2D eigenvalue weighted by atomic mass is 32.1. The zero-order valence-electron chi connectivity index (χ0n) is 32.1. The molecule has 6 atom stereocenters. The predicted octanol–water partition coefficient (Wildman–Crippen LogP) is 5.48. The van der Waals surface area contributed by atoms with Crippen molar-refractivity contribution in [1.82, 2.24) is 25.4 Å². The first-order valence-corrected chi connectivity index (χ1v) is 19.4. The minimum absolute atomic E-state index is 0.0457. The van der Waals surface area contributed by atoms with Gasteiger partial charge in [0.25, 0.3) is 5.91 Å². The second-order valence-electron chi connectivity index (χ2n) is 15.0. The Bertz CT molecular complexity index is 1480. The summed E-state index contributed by atoms with van der Waals surface area (Å²) in [6, 6.07) is 7.72. The average molecular weight is 742 g/mol. The summed E-state index contributed by atoms with van der Waals surface area (Å²) in [5, 5.41) is 17.6. The van der Waals surface area contributed by atoms with Crippen molar-refractivity contribution in [3.63, 3.8) is 0 Å². The first-order valence-electron chi connectivity index (χ1n) is 18.5. The quantitative estimate of drug-likeness (QED) is 0.159. The van der Waals surface area contributed by atoms with E-state index in [1.54, 1.807) is 24.3 Å². The van der Waals surface area contributed by atoms with Crippen LogP contribution in [0.1, 0.15) is 114 Å². The maximum absolute atomic E-state index is 14.2. The number of carboxylic acids is 1. The third-order valence-electron chi connectivity index (χ3n) is 9.85. The number of likely N-dealkylation sites (tertiary alicyclic amines) is 1. The molecule has 5 unspecified atom stereocenters. The van der Waals surface area contributed by atoms with Gasteiger partial charge in [0, 0.05) is 37.9 Å². The van der Waals surface area contributed by atoms with E-state index < -0.39 is 42.0 Å². The van der Waals surface area contributed by atoms with Gasteiger partial charge in [-0.1, -0.05) is 71.4 Å². The lowest BCUT2D eigenvalue weighted by Crippen LogP contribution is -2.56. The van der Waals surface area contributed by atoms with Crippen LogP contribution in [-0.2, 0) is 30.3 Å². The topological polar surface area (TPSA) is 158 Å². The van der Waals surface area contributed by atoms with Crippen LogP contribution in [0.3, 0.4) is 0 Å². The number of aromatic nitrogens is 1. The van der Waals surface area contributed by atoms with Crippen LogP contribution >= 0.6 is 11.3 Å². The first-order chi connectivity index (χ1) is 24.6. The van der Waals surface area contributed by atoms with Crippen LogP contribution in [0.2, 0.25) is 0 Å². The van der Waals surface area contributed by atoms with Crippen LogP contribution in [-0.4, -0.2) is 94.4 Å². The number of hydrogen-bond donors (Lipinski definition) is 3. The number of hydrogen-bond acceptors (Lipinski definition) is 9. The number of amides is 3. The van der Waals surface area contributed by atoms with Crippen LogP contribution in [0, 0.1) is 17.8 Å². The van der Waals surface area contributed by atoms with E-state index in [-0.39, 0.29) is 48.4 Å². The number of carbonyl (C=O) groups excluding carboxylic acids is 4. The van der Waals surface area contributed by atoms with Crippen molar-refractivity contribution in [2.45, 2.75) is 123 Å². The molecule has 1 fully saturated rings. The van der Waals surface area contributed by atoms with Crippen LogP contribution in [0.4, 0.5) is 0 Å². The largest absolute Gasteiger partial charge is 0.481 e. The van der Waals surface area contributed by atoms with Crippen molar-refractivity contribution in [2.75, 3.05) is 20.6 Å². The molecule has 1 aliphatic rings. The summed E-state index contributed by atoms with van der Waals surface area (Å²) in [4.78, 5) is 73.4. The van der Waals surface area contributed by atoms with Gasteiger partial charge < -0.3 is 25.4 Å². The van der Waals surface area contributed by atoms with E-state index in [1.165, 1.54) is 18.3 Å². The van der Waals surface area contributed by atoms with E-state index in [9.17, 15) is 29.1 Å². The molecule has 0 spiro atoms. The highest BCUT2D eigenvalue weighted by molar-refractivity contribution is 7.09. The van der Waals surface area contributed by atoms with Gasteiger partial charge in [0.2, 0.25) is 11.8 Å². The molecular weight excluding hydrogens is 683 g/mol. The lowest BCUT2D eigenvalue weighted by Gasteiger charge is -2.37. The minimum Gasteiger partial charge on any atom is -0.481 e. The van der Waals surface area contributed by atoms with Crippen molar-refractivity contribution >= 4 is 41.0 Å². The Labute approximate surface area is 313 Å². The Morgan fingerprint density at radius 2 is 1.71 bits per heavy atom. The number of ether oxygens (including phenoxy) is 1. The third-order valence-corrected chi connectivity index (χ3v) is 10.8. The number of piperidine rings is 1. The molecule has 1 aromatic carbocycles. The zero-order chi connectivity index (χ0) is 38.5. The van der Waals surface area contributed by atoms with Gasteiger partial charge in [-0.25, -0.2) is 4.98 Å². The number of thiazole rings is 1. The molecule has 2 aromatic rings. The lowest BCUT2D eigenvalue weighted by atomic mass is 9.94. The highest BCUT2D eigenvalue weighted by Gasteiger charge is 2.36. The van der Waals surface area contributed by atoms with E-state index in [4.69, 9.17) is 4.74 Å². The summed E-state index contributed by atoms with van der Waals surface area (Å²) in [7, 11) is 3.67. The van der Waals surface area contributed by atoms with Gasteiger partial charge in [0.1, 0.15) is 16.7 Å². The second kappa shape index (κ2) is 20.4. The maximum atomic E-state index is 14.2. The van der Waals surface area contributed by atoms with Gasteiger partial charge in [-0.2, -0.15) is 0 Å². The molecule has 1 saturated heterocycles. The Kier molecular flexibility index (Phi) is 16.7. The van der Waals surface area contributed by atoms with Gasteiger partial charge in [-0.3, -0.25) is 28.9 Å². The van der Waals surface area contributed by atoms with Gasteiger partial charge in [0.15, 0.2) is 6.10 Å². The molecule has 1 aromatic heterocycles. The van der Waals surface area contributed by atoms with Crippen molar-refractivity contribution in [3.05, 3.63) is 52.0 Å². The number of likely N-dealkylation sites (N-methyl/N-ethyl adjacent to an activating group) is 2. The first kappa shape index (κ1) is 42.6.